The number of hydrogen-bond acceptors (Lipinski definition) is 5. The molecule has 0 saturated carbocycles. The molecule has 2 heterocycles. The fourth-order valence-electron chi connectivity index (χ4n) is 2.87. The van der Waals surface area contributed by atoms with Crippen molar-refractivity contribution in [1.82, 2.24) is 10.3 Å². The van der Waals surface area contributed by atoms with E-state index in [9.17, 15) is 9.59 Å². The number of unbranched alkanes of at least 4 members (excludes halogenated alkanes) is 1. The van der Waals surface area contributed by atoms with E-state index in [-0.39, 0.29) is 11.7 Å². The van der Waals surface area contributed by atoms with Crippen LogP contribution in [-0.4, -0.2) is 29.8 Å². The summed E-state index contributed by atoms with van der Waals surface area (Å²) in [6.45, 7) is 3.58. The zero-order valence-electron chi connectivity index (χ0n) is 14.9. The lowest BCUT2D eigenvalue weighted by Gasteiger charge is -2.24. The fourth-order valence-corrected chi connectivity index (χ4v) is 2.87. The van der Waals surface area contributed by atoms with Gasteiger partial charge in [-0.25, -0.2) is 4.98 Å². The van der Waals surface area contributed by atoms with Gasteiger partial charge in [0.2, 0.25) is 5.91 Å². The van der Waals surface area contributed by atoms with Crippen molar-refractivity contribution in [3.05, 3.63) is 53.7 Å². The molecule has 3 rings (SSSR count). The Morgan fingerprint density at radius 3 is 2.81 bits per heavy atom. The lowest BCUT2D eigenvalue weighted by molar-refractivity contribution is -0.123. The number of rotatable bonds is 7. The van der Waals surface area contributed by atoms with E-state index in [1.54, 1.807) is 0 Å². The second-order valence-corrected chi connectivity index (χ2v) is 6.37. The number of anilines is 2. The Kier molecular flexibility index (Phi) is 5.84. The second kappa shape index (κ2) is 8.47. The van der Waals surface area contributed by atoms with Gasteiger partial charge in [-0.05, 0) is 24.1 Å². The molecule has 2 aromatic rings. The van der Waals surface area contributed by atoms with Crippen molar-refractivity contribution < 1.29 is 9.59 Å². The number of carbonyl (C=O) groups excluding carboxylic acids is 2. The molecule has 0 spiro atoms. The van der Waals surface area contributed by atoms with Gasteiger partial charge in [0.1, 0.15) is 17.4 Å². The molecule has 0 fully saturated rings. The van der Waals surface area contributed by atoms with Gasteiger partial charge in [-0.1, -0.05) is 43.7 Å². The van der Waals surface area contributed by atoms with Crippen LogP contribution in [0, 0.1) is 5.92 Å². The molecule has 0 bridgehead atoms. The highest BCUT2D eigenvalue weighted by molar-refractivity contribution is 6.13. The summed E-state index contributed by atoms with van der Waals surface area (Å²) in [5.41, 5.74) is 2.13. The maximum absolute atomic E-state index is 12.7. The number of ketones is 1. The van der Waals surface area contributed by atoms with Gasteiger partial charge < -0.3 is 16.0 Å². The Labute approximate surface area is 153 Å². The van der Waals surface area contributed by atoms with Crippen molar-refractivity contribution >= 4 is 23.2 Å². The first kappa shape index (κ1) is 17.9. The van der Waals surface area contributed by atoms with Crippen LogP contribution in [0.1, 0.15) is 35.8 Å². The lowest BCUT2D eigenvalue weighted by atomic mass is 9.95. The predicted octanol–water partition coefficient (Wildman–Crippen LogP) is 2.83. The number of aromatic nitrogens is 1. The van der Waals surface area contributed by atoms with Crippen LogP contribution in [0.2, 0.25) is 0 Å². The zero-order valence-corrected chi connectivity index (χ0v) is 14.9. The SMILES string of the molecule is CCCCNC(=O)C1CNc2ccc(NCc3ccccc3)nc2C1=O. The third-order valence-electron chi connectivity index (χ3n) is 4.40. The molecular weight excluding hydrogens is 328 g/mol. The molecule has 26 heavy (non-hydrogen) atoms. The van der Waals surface area contributed by atoms with Crippen molar-refractivity contribution in [2.45, 2.75) is 26.3 Å². The summed E-state index contributed by atoms with van der Waals surface area (Å²) in [5, 5.41) is 9.20. The summed E-state index contributed by atoms with van der Waals surface area (Å²) in [4.78, 5) is 29.4. The molecule has 1 unspecified atom stereocenters. The Morgan fingerprint density at radius 1 is 1.23 bits per heavy atom. The smallest absolute Gasteiger partial charge is 0.232 e. The first-order chi connectivity index (χ1) is 12.7. The van der Waals surface area contributed by atoms with Crippen LogP contribution in [0.15, 0.2) is 42.5 Å². The third kappa shape index (κ3) is 4.20. The normalized spacial score (nSPS) is 15.7. The standard InChI is InChI=1S/C20H24N4O2/c1-2-3-11-21-20(26)15-13-22-16-9-10-17(24-18(16)19(15)25)23-12-14-7-5-4-6-8-14/h4-10,15,22H,2-3,11-13H2,1H3,(H,21,26)(H,23,24). The molecule has 6 heteroatoms. The lowest BCUT2D eigenvalue weighted by Crippen LogP contribution is -2.42. The monoisotopic (exact) mass is 352 g/mol. The summed E-state index contributed by atoms with van der Waals surface area (Å²) < 4.78 is 0. The number of fused-ring (bicyclic) bond motifs is 1. The predicted molar refractivity (Wildman–Crippen MR) is 102 cm³/mol. The first-order valence-corrected chi connectivity index (χ1v) is 9.03. The quantitative estimate of drug-likeness (QED) is 0.527. The Bertz CT molecular complexity index is 777. The maximum atomic E-state index is 12.7. The van der Waals surface area contributed by atoms with E-state index >= 15 is 0 Å². The average molecular weight is 352 g/mol. The third-order valence-corrected chi connectivity index (χ3v) is 4.40. The molecule has 136 valence electrons. The molecule has 0 saturated heterocycles. The molecule has 6 nitrogen and oxygen atoms in total. The van der Waals surface area contributed by atoms with Crippen molar-refractivity contribution in [3.63, 3.8) is 0 Å². The van der Waals surface area contributed by atoms with E-state index in [1.165, 1.54) is 0 Å². The molecule has 1 aliphatic heterocycles. The number of Topliss-reactive ketones (excluding diaryl/α,β-unsaturated/α-hetero) is 1. The topological polar surface area (TPSA) is 83.1 Å². The number of pyridine rings is 1. The number of carbonyl (C=O) groups is 2. The highest BCUT2D eigenvalue weighted by Crippen LogP contribution is 2.25. The summed E-state index contributed by atoms with van der Waals surface area (Å²) in [5.74, 6) is -0.562. The number of nitrogens with zero attached hydrogens (tertiary/aromatic N) is 1. The van der Waals surface area contributed by atoms with Crippen molar-refractivity contribution in [1.29, 1.82) is 0 Å². The van der Waals surface area contributed by atoms with Gasteiger partial charge in [0, 0.05) is 19.6 Å². The highest BCUT2D eigenvalue weighted by Gasteiger charge is 2.33. The summed E-state index contributed by atoms with van der Waals surface area (Å²) in [6, 6.07) is 13.6. The molecule has 1 aromatic heterocycles. The minimum Gasteiger partial charge on any atom is -0.382 e. The van der Waals surface area contributed by atoms with E-state index in [1.807, 2.05) is 42.5 Å². The van der Waals surface area contributed by atoms with Crippen LogP contribution in [-0.2, 0) is 11.3 Å². The number of hydrogen-bond donors (Lipinski definition) is 3. The van der Waals surface area contributed by atoms with Crippen LogP contribution in [0.4, 0.5) is 11.5 Å². The van der Waals surface area contributed by atoms with Gasteiger partial charge in [-0.2, -0.15) is 0 Å². The maximum Gasteiger partial charge on any atom is 0.232 e. The van der Waals surface area contributed by atoms with E-state index in [0.717, 1.165) is 18.4 Å². The van der Waals surface area contributed by atoms with Crippen molar-refractivity contribution in [2.75, 3.05) is 23.7 Å². The highest BCUT2D eigenvalue weighted by atomic mass is 16.2. The van der Waals surface area contributed by atoms with Crippen molar-refractivity contribution in [3.8, 4) is 0 Å². The van der Waals surface area contributed by atoms with Crippen LogP contribution >= 0.6 is 0 Å². The van der Waals surface area contributed by atoms with E-state index in [2.05, 4.69) is 27.9 Å². The molecule has 0 radical (unpaired) electrons. The number of amides is 1. The minimum atomic E-state index is -0.726. The Hall–Kier alpha value is -2.89. The van der Waals surface area contributed by atoms with E-state index in [0.29, 0.717) is 36.8 Å². The molecular formula is C20H24N4O2. The van der Waals surface area contributed by atoms with Gasteiger partial charge in [-0.3, -0.25) is 9.59 Å². The Balaban J connectivity index is 1.68. The second-order valence-electron chi connectivity index (χ2n) is 6.37. The van der Waals surface area contributed by atoms with Gasteiger partial charge in [0.05, 0.1) is 5.69 Å². The van der Waals surface area contributed by atoms with Gasteiger partial charge in [-0.15, -0.1) is 0 Å². The van der Waals surface area contributed by atoms with Gasteiger partial charge >= 0.3 is 0 Å². The molecule has 1 atom stereocenters. The fraction of sp³-hybridized carbons (Fsp3) is 0.350. The van der Waals surface area contributed by atoms with E-state index in [4.69, 9.17) is 0 Å². The first-order valence-electron chi connectivity index (χ1n) is 9.03. The number of nitrogens with one attached hydrogen (secondary N) is 3. The molecule has 0 aliphatic carbocycles. The molecule has 1 aliphatic rings. The van der Waals surface area contributed by atoms with Crippen molar-refractivity contribution in [2.24, 2.45) is 5.92 Å². The van der Waals surface area contributed by atoms with E-state index < -0.39 is 5.92 Å². The van der Waals surface area contributed by atoms with Crippen LogP contribution in [0.3, 0.4) is 0 Å². The summed E-state index contributed by atoms with van der Waals surface area (Å²) in [7, 11) is 0. The summed E-state index contributed by atoms with van der Waals surface area (Å²) >= 11 is 0. The van der Waals surface area contributed by atoms with Crippen LogP contribution in [0.5, 0.6) is 0 Å². The van der Waals surface area contributed by atoms with Gasteiger partial charge in [0.25, 0.3) is 0 Å². The molecule has 1 amide bonds. The largest absolute Gasteiger partial charge is 0.382 e. The zero-order chi connectivity index (χ0) is 18.4. The van der Waals surface area contributed by atoms with Crippen LogP contribution in [0.25, 0.3) is 0 Å². The minimum absolute atomic E-state index is 0.226. The average Bonchev–Trinajstić information content (AvgIpc) is 2.68. The number of benzene rings is 1. The molecule has 3 N–H and O–H groups in total. The van der Waals surface area contributed by atoms with Gasteiger partial charge in [0.15, 0.2) is 5.78 Å². The van der Waals surface area contributed by atoms with Crippen LogP contribution < -0.4 is 16.0 Å². The Morgan fingerprint density at radius 2 is 2.04 bits per heavy atom. The summed E-state index contributed by atoms with van der Waals surface area (Å²) in [6.07, 6.45) is 1.90. The molecule has 1 aromatic carbocycles.